The van der Waals surface area contributed by atoms with Crippen molar-refractivity contribution in [2.24, 2.45) is 0 Å². The van der Waals surface area contributed by atoms with Crippen LogP contribution in [0.3, 0.4) is 0 Å². The number of benzene rings is 1. The van der Waals surface area contributed by atoms with Crippen molar-refractivity contribution < 1.29 is 9.18 Å². The first-order chi connectivity index (χ1) is 7.55. The van der Waals surface area contributed by atoms with E-state index in [1.54, 1.807) is 18.2 Å². The zero-order valence-corrected chi connectivity index (χ0v) is 10.8. The standard InChI is InChI=1S/C11H10BrClFNO/c12-9-3-1-2-8(4-9)11(14)6-15(7-11)10(16)5-13/h1-4H,5-7H2. The summed E-state index contributed by atoms with van der Waals surface area (Å²) in [6.45, 7) is 0.185. The number of halogens is 3. The number of carbonyl (C=O) groups is 1. The van der Waals surface area contributed by atoms with Crippen molar-refractivity contribution in [1.82, 2.24) is 4.90 Å². The van der Waals surface area contributed by atoms with Crippen LogP contribution in [-0.2, 0) is 10.5 Å². The van der Waals surface area contributed by atoms with Crippen LogP contribution in [-0.4, -0.2) is 29.8 Å². The van der Waals surface area contributed by atoms with Gasteiger partial charge in [0, 0.05) is 4.47 Å². The number of alkyl halides is 2. The molecule has 0 radical (unpaired) electrons. The molecule has 86 valence electrons. The molecule has 0 unspecified atom stereocenters. The average molecular weight is 307 g/mol. The summed E-state index contributed by atoms with van der Waals surface area (Å²) in [5, 5.41) is 0. The zero-order chi connectivity index (χ0) is 11.8. The second-order valence-electron chi connectivity index (χ2n) is 3.86. The molecule has 0 atom stereocenters. The van der Waals surface area contributed by atoms with Gasteiger partial charge in [-0.2, -0.15) is 0 Å². The van der Waals surface area contributed by atoms with E-state index in [0.29, 0.717) is 5.56 Å². The van der Waals surface area contributed by atoms with Crippen LogP contribution in [0.2, 0.25) is 0 Å². The third kappa shape index (κ3) is 2.09. The number of likely N-dealkylation sites (tertiary alicyclic amines) is 1. The van der Waals surface area contributed by atoms with Gasteiger partial charge in [-0.3, -0.25) is 4.79 Å². The van der Waals surface area contributed by atoms with E-state index in [1.807, 2.05) is 6.07 Å². The highest BCUT2D eigenvalue weighted by molar-refractivity contribution is 9.10. The van der Waals surface area contributed by atoms with Gasteiger partial charge in [-0.05, 0) is 17.7 Å². The number of nitrogens with zero attached hydrogens (tertiary/aromatic N) is 1. The van der Waals surface area contributed by atoms with Gasteiger partial charge < -0.3 is 4.90 Å². The molecule has 1 aliphatic rings. The smallest absolute Gasteiger partial charge is 0.237 e. The van der Waals surface area contributed by atoms with Gasteiger partial charge in [-0.25, -0.2) is 4.39 Å². The van der Waals surface area contributed by atoms with Gasteiger partial charge in [0.2, 0.25) is 5.91 Å². The molecule has 1 fully saturated rings. The van der Waals surface area contributed by atoms with E-state index in [2.05, 4.69) is 15.9 Å². The predicted molar refractivity (Wildman–Crippen MR) is 64.2 cm³/mol. The minimum Gasteiger partial charge on any atom is -0.334 e. The Morgan fingerprint density at radius 2 is 2.25 bits per heavy atom. The lowest BCUT2D eigenvalue weighted by atomic mass is 9.88. The molecule has 1 saturated heterocycles. The Morgan fingerprint density at radius 1 is 1.56 bits per heavy atom. The average Bonchev–Trinajstić information content (AvgIpc) is 2.23. The lowest BCUT2D eigenvalue weighted by Crippen LogP contribution is -2.59. The molecule has 1 aromatic rings. The Morgan fingerprint density at radius 3 is 2.81 bits per heavy atom. The zero-order valence-electron chi connectivity index (χ0n) is 8.42. The summed E-state index contributed by atoms with van der Waals surface area (Å²) in [5.74, 6) is -0.306. The molecular formula is C11H10BrClFNO. The molecule has 1 aliphatic heterocycles. The first-order valence-electron chi connectivity index (χ1n) is 4.84. The summed E-state index contributed by atoms with van der Waals surface area (Å²) in [6, 6.07) is 7.09. The molecule has 1 heterocycles. The summed E-state index contributed by atoms with van der Waals surface area (Å²) in [5.41, 5.74) is -0.827. The fraction of sp³-hybridized carbons (Fsp3) is 0.364. The molecule has 2 rings (SSSR count). The monoisotopic (exact) mass is 305 g/mol. The summed E-state index contributed by atoms with van der Waals surface area (Å²) >= 11 is 8.70. The van der Waals surface area contributed by atoms with Crippen LogP contribution in [0.5, 0.6) is 0 Å². The van der Waals surface area contributed by atoms with Gasteiger partial charge in [-0.1, -0.05) is 28.1 Å². The van der Waals surface area contributed by atoms with Crippen molar-refractivity contribution in [2.75, 3.05) is 19.0 Å². The van der Waals surface area contributed by atoms with Gasteiger partial charge in [0.15, 0.2) is 5.67 Å². The molecule has 0 aromatic heterocycles. The summed E-state index contributed by atoms with van der Waals surface area (Å²) < 4.78 is 15.1. The van der Waals surface area contributed by atoms with Crippen LogP contribution in [0.15, 0.2) is 28.7 Å². The molecule has 0 aliphatic carbocycles. The van der Waals surface area contributed by atoms with Crippen LogP contribution in [0.4, 0.5) is 4.39 Å². The van der Waals surface area contributed by atoms with Crippen LogP contribution < -0.4 is 0 Å². The molecule has 0 bridgehead atoms. The third-order valence-corrected chi connectivity index (χ3v) is 3.41. The van der Waals surface area contributed by atoms with E-state index in [1.165, 1.54) is 4.90 Å². The van der Waals surface area contributed by atoms with Gasteiger partial charge in [0.05, 0.1) is 13.1 Å². The molecule has 16 heavy (non-hydrogen) atoms. The minimum absolute atomic E-state index is 0.0887. The highest BCUT2D eigenvalue weighted by Crippen LogP contribution is 2.37. The van der Waals surface area contributed by atoms with Crippen LogP contribution in [0.1, 0.15) is 5.56 Å². The first kappa shape index (κ1) is 11.9. The van der Waals surface area contributed by atoms with Crippen molar-refractivity contribution in [1.29, 1.82) is 0 Å². The van der Waals surface area contributed by atoms with E-state index in [9.17, 15) is 9.18 Å². The van der Waals surface area contributed by atoms with E-state index < -0.39 is 5.67 Å². The number of hydrogen-bond donors (Lipinski definition) is 0. The quantitative estimate of drug-likeness (QED) is 0.769. The van der Waals surface area contributed by atoms with Crippen molar-refractivity contribution >= 4 is 33.4 Å². The Bertz CT molecular complexity index is 420. The maximum atomic E-state index is 14.3. The molecular weight excluding hydrogens is 296 g/mol. The number of hydrogen-bond acceptors (Lipinski definition) is 1. The van der Waals surface area contributed by atoms with Crippen LogP contribution >= 0.6 is 27.5 Å². The Balaban J connectivity index is 2.10. The Hall–Kier alpha value is -0.610. The highest BCUT2D eigenvalue weighted by atomic mass is 79.9. The lowest BCUT2D eigenvalue weighted by Gasteiger charge is -2.44. The van der Waals surface area contributed by atoms with Crippen molar-refractivity contribution in [3.8, 4) is 0 Å². The molecule has 0 spiro atoms. The van der Waals surface area contributed by atoms with Crippen molar-refractivity contribution in [2.45, 2.75) is 5.67 Å². The maximum absolute atomic E-state index is 14.3. The van der Waals surface area contributed by atoms with Crippen LogP contribution in [0, 0.1) is 0 Å². The summed E-state index contributed by atoms with van der Waals surface area (Å²) in [4.78, 5) is 12.6. The van der Waals surface area contributed by atoms with E-state index in [4.69, 9.17) is 11.6 Å². The third-order valence-electron chi connectivity index (χ3n) is 2.69. The Labute approximate surface area is 107 Å². The van der Waals surface area contributed by atoms with Crippen molar-refractivity contribution in [3.05, 3.63) is 34.3 Å². The molecule has 1 amide bonds. The second-order valence-corrected chi connectivity index (χ2v) is 5.04. The second kappa shape index (κ2) is 4.34. The number of carbonyl (C=O) groups excluding carboxylic acids is 1. The van der Waals surface area contributed by atoms with E-state index in [-0.39, 0.29) is 24.9 Å². The van der Waals surface area contributed by atoms with Gasteiger partial charge in [0.1, 0.15) is 5.88 Å². The van der Waals surface area contributed by atoms with E-state index >= 15 is 0 Å². The normalized spacial score (nSPS) is 18.1. The molecule has 1 aromatic carbocycles. The number of amides is 1. The lowest BCUT2D eigenvalue weighted by molar-refractivity contribution is -0.143. The summed E-state index contributed by atoms with van der Waals surface area (Å²) in [6.07, 6.45) is 0. The van der Waals surface area contributed by atoms with Gasteiger partial charge in [-0.15, -0.1) is 11.6 Å². The largest absolute Gasteiger partial charge is 0.334 e. The fourth-order valence-corrected chi connectivity index (χ4v) is 2.34. The van der Waals surface area contributed by atoms with Crippen LogP contribution in [0.25, 0.3) is 0 Å². The molecule has 2 nitrogen and oxygen atoms in total. The summed E-state index contributed by atoms with van der Waals surface area (Å²) in [7, 11) is 0. The fourth-order valence-electron chi connectivity index (χ4n) is 1.77. The van der Waals surface area contributed by atoms with Gasteiger partial charge >= 0.3 is 0 Å². The first-order valence-corrected chi connectivity index (χ1v) is 6.16. The van der Waals surface area contributed by atoms with Crippen molar-refractivity contribution in [3.63, 3.8) is 0 Å². The maximum Gasteiger partial charge on any atom is 0.237 e. The van der Waals surface area contributed by atoms with E-state index in [0.717, 1.165) is 4.47 Å². The minimum atomic E-state index is -1.43. The number of rotatable bonds is 2. The molecule has 5 heteroatoms. The van der Waals surface area contributed by atoms with Gasteiger partial charge in [0.25, 0.3) is 0 Å². The topological polar surface area (TPSA) is 20.3 Å². The Kier molecular flexibility index (Phi) is 3.22. The predicted octanol–water partition coefficient (Wildman–Crippen LogP) is 2.69. The molecule has 0 N–H and O–H groups in total. The molecule has 0 saturated carbocycles. The SMILES string of the molecule is O=C(CCl)N1CC(F)(c2cccc(Br)c2)C1. The highest BCUT2D eigenvalue weighted by Gasteiger charge is 2.46.